The van der Waals surface area contributed by atoms with Gasteiger partial charge < -0.3 is 9.47 Å². The Labute approximate surface area is 180 Å². The average Bonchev–Trinajstić information content (AvgIpc) is 2.70. The number of alkyl halides is 3. The number of para-hydroxylation sites is 1. The van der Waals surface area contributed by atoms with Crippen LogP contribution in [-0.4, -0.2) is 22.7 Å². The van der Waals surface area contributed by atoms with E-state index in [1.54, 1.807) is 12.1 Å². The van der Waals surface area contributed by atoms with Gasteiger partial charge in [-0.3, -0.25) is 4.21 Å². The Kier molecular flexibility index (Phi) is 7.33. The van der Waals surface area contributed by atoms with Crippen molar-refractivity contribution in [2.75, 3.05) is 12.4 Å². The Balaban J connectivity index is 1.60. The molecule has 3 aromatic rings. The summed E-state index contributed by atoms with van der Waals surface area (Å²) in [7, 11) is -2.33. The molecule has 0 aromatic heterocycles. The van der Waals surface area contributed by atoms with Gasteiger partial charge in [-0.2, -0.15) is 13.2 Å². The molecule has 0 radical (unpaired) electrons. The van der Waals surface area contributed by atoms with Crippen LogP contribution in [0.4, 0.5) is 17.6 Å². The van der Waals surface area contributed by atoms with Gasteiger partial charge in [0.1, 0.15) is 17.3 Å². The van der Waals surface area contributed by atoms with E-state index < -0.39 is 28.5 Å². The normalized spacial score (nSPS) is 12.4. The van der Waals surface area contributed by atoms with Gasteiger partial charge in [-0.15, -0.1) is 0 Å². The van der Waals surface area contributed by atoms with Crippen molar-refractivity contribution in [3.05, 3.63) is 83.7 Å². The summed E-state index contributed by atoms with van der Waals surface area (Å²) >= 11 is 0. The molecule has 3 aromatic carbocycles. The summed E-state index contributed by atoms with van der Waals surface area (Å²) in [5.74, 6) is -1.04. The predicted octanol–water partition coefficient (Wildman–Crippen LogP) is 6.22. The molecule has 0 amide bonds. The Morgan fingerprint density at radius 2 is 1.58 bits per heavy atom. The molecule has 0 aliphatic heterocycles. The van der Waals surface area contributed by atoms with E-state index >= 15 is 0 Å². The molecule has 0 heterocycles. The first-order chi connectivity index (χ1) is 14.7. The molecule has 3 nitrogen and oxygen atoms in total. The second kappa shape index (κ2) is 9.96. The Bertz CT molecular complexity index is 1040. The van der Waals surface area contributed by atoms with Gasteiger partial charge in [-0.25, -0.2) is 4.39 Å². The van der Waals surface area contributed by atoms with Crippen molar-refractivity contribution >= 4 is 10.8 Å². The quantitative estimate of drug-likeness (QED) is 0.381. The fourth-order valence-corrected chi connectivity index (χ4v) is 3.95. The Morgan fingerprint density at radius 1 is 0.935 bits per heavy atom. The third-order valence-corrected chi connectivity index (χ3v) is 5.84. The summed E-state index contributed by atoms with van der Waals surface area (Å²) in [5, 5.41) is 0. The van der Waals surface area contributed by atoms with Crippen molar-refractivity contribution in [1.29, 1.82) is 0 Å². The zero-order valence-corrected chi connectivity index (χ0v) is 17.4. The van der Waals surface area contributed by atoms with E-state index in [2.05, 4.69) is 0 Å². The highest BCUT2D eigenvalue weighted by atomic mass is 32.2. The van der Waals surface area contributed by atoms with E-state index in [1.165, 1.54) is 6.92 Å². The number of rotatable bonds is 8. The Morgan fingerprint density at radius 3 is 2.23 bits per heavy atom. The van der Waals surface area contributed by atoms with Gasteiger partial charge in [0.25, 0.3) is 0 Å². The molecule has 0 spiro atoms. The molecule has 8 heteroatoms. The van der Waals surface area contributed by atoms with E-state index in [-0.39, 0.29) is 22.8 Å². The third kappa shape index (κ3) is 6.82. The van der Waals surface area contributed by atoms with Gasteiger partial charge in [0.2, 0.25) is 0 Å². The van der Waals surface area contributed by atoms with Crippen LogP contribution in [0.1, 0.15) is 11.1 Å². The smallest absolute Gasteiger partial charge is 0.400 e. The molecule has 0 saturated carbocycles. The molecule has 31 heavy (non-hydrogen) atoms. The summed E-state index contributed by atoms with van der Waals surface area (Å²) in [4.78, 5) is -0.0869. The number of benzene rings is 3. The van der Waals surface area contributed by atoms with E-state index in [4.69, 9.17) is 9.47 Å². The average molecular weight is 452 g/mol. The van der Waals surface area contributed by atoms with Crippen LogP contribution in [0, 0.1) is 12.7 Å². The van der Waals surface area contributed by atoms with Crippen molar-refractivity contribution in [2.45, 2.75) is 24.4 Å². The van der Waals surface area contributed by atoms with Gasteiger partial charge in [0, 0.05) is 11.3 Å². The molecule has 164 valence electrons. The molecule has 1 atom stereocenters. The van der Waals surface area contributed by atoms with E-state index in [0.29, 0.717) is 17.9 Å². The number of halogens is 4. The van der Waals surface area contributed by atoms with Crippen LogP contribution in [-0.2, 0) is 17.2 Å². The standard InChI is InChI=1S/C23H20F4O3S/c1-16-13-20(24)21(14-22(16)31(28)15-23(25,26)27)29-12-11-17-7-9-19(10-8-17)30-18-5-3-2-4-6-18/h2-10,13-14H,11-12,15H2,1H3. The first-order valence-corrected chi connectivity index (χ1v) is 10.7. The minimum Gasteiger partial charge on any atom is -0.490 e. The zero-order valence-electron chi connectivity index (χ0n) is 16.6. The summed E-state index contributed by atoms with van der Waals surface area (Å²) in [6.45, 7) is 1.51. The summed E-state index contributed by atoms with van der Waals surface area (Å²) in [5.41, 5.74) is 1.09. The molecule has 0 aliphatic rings. The molecule has 0 saturated heterocycles. The fourth-order valence-electron chi connectivity index (χ4n) is 2.84. The molecule has 0 bridgehead atoms. The second-order valence-electron chi connectivity index (χ2n) is 6.81. The third-order valence-electron chi connectivity index (χ3n) is 4.32. The van der Waals surface area contributed by atoms with Crippen molar-refractivity contribution in [1.82, 2.24) is 0 Å². The van der Waals surface area contributed by atoms with Crippen LogP contribution < -0.4 is 9.47 Å². The first-order valence-electron chi connectivity index (χ1n) is 9.41. The largest absolute Gasteiger partial charge is 0.490 e. The van der Waals surface area contributed by atoms with E-state index in [1.807, 2.05) is 42.5 Å². The van der Waals surface area contributed by atoms with Crippen LogP contribution in [0.15, 0.2) is 71.6 Å². The minimum atomic E-state index is -4.58. The number of ether oxygens (including phenoxy) is 2. The van der Waals surface area contributed by atoms with Crippen LogP contribution in [0.2, 0.25) is 0 Å². The molecule has 0 N–H and O–H groups in total. The maximum atomic E-state index is 14.2. The topological polar surface area (TPSA) is 35.5 Å². The van der Waals surface area contributed by atoms with Gasteiger partial charge in [0.15, 0.2) is 11.6 Å². The first kappa shape index (κ1) is 22.8. The lowest BCUT2D eigenvalue weighted by Crippen LogP contribution is -2.19. The molecular formula is C23H20F4O3S. The van der Waals surface area contributed by atoms with Crippen LogP contribution >= 0.6 is 0 Å². The Hall–Kier alpha value is -2.87. The molecule has 0 fully saturated rings. The molecule has 3 rings (SSSR count). The van der Waals surface area contributed by atoms with Gasteiger partial charge in [0.05, 0.1) is 17.4 Å². The van der Waals surface area contributed by atoms with Gasteiger partial charge in [-0.1, -0.05) is 30.3 Å². The highest BCUT2D eigenvalue weighted by Crippen LogP contribution is 2.28. The minimum absolute atomic E-state index is 0.0869. The van der Waals surface area contributed by atoms with Crippen molar-refractivity contribution in [2.24, 2.45) is 0 Å². The lowest BCUT2D eigenvalue weighted by Gasteiger charge is -2.13. The van der Waals surface area contributed by atoms with Crippen LogP contribution in [0.25, 0.3) is 0 Å². The SMILES string of the molecule is Cc1cc(F)c(OCCc2ccc(Oc3ccccc3)cc2)cc1S(=O)CC(F)(F)F. The fraction of sp³-hybridized carbons (Fsp3) is 0.217. The lowest BCUT2D eigenvalue weighted by atomic mass is 10.1. The second-order valence-corrected chi connectivity index (χ2v) is 8.23. The highest BCUT2D eigenvalue weighted by Gasteiger charge is 2.32. The van der Waals surface area contributed by atoms with Crippen molar-refractivity contribution in [3.63, 3.8) is 0 Å². The summed E-state index contributed by atoms with van der Waals surface area (Å²) in [6, 6.07) is 18.7. The van der Waals surface area contributed by atoms with Crippen molar-refractivity contribution in [3.8, 4) is 17.2 Å². The van der Waals surface area contributed by atoms with E-state index in [9.17, 15) is 21.8 Å². The monoisotopic (exact) mass is 452 g/mol. The molecule has 1 unspecified atom stereocenters. The molecule has 0 aliphatic carbocycles. The number of hydrogen-bond acceptors (Lipinski definition) is 3. The van der Waals surface area contributed by atoms with Crippen molar-refractivity contribution < 1.29 is 31.2 Å². The maximum Gasteiger partial charge on any atom is 0.400 e. The van der Waals surface area contributed by atoms with Crippen LogP contribution in [0.3, 0.4) is 0 Å². The summed E-state index contributed by atoms with van der Waals surface area (Å²) in [6.07, 6.45) is -4.14. The summed E-state index contributed by atoms with van der Waals surface area (Å²) < 4.78 is 74.9. The highest BCUT2D eigenvalue weighted by molar-refractivity contribution is 7.85. The number of hydrogen-bond donors (Lipinski definition) is 0. The van der Waals surface area contributed by atoms with Crippen LogP contribution in [0.5, 0.6) is 17.2 Å². The predicted molar refractivity (Wildman–Crippen MR) is 111 cm³/mol. The maximum absolute atomic E-state index is 14.2. The van der Waals surface area contributed by atoms with Gasteiger partial charge >= 0.3 is 6.18 Å². The van der Waals surface area contributed by atoms with E-state index in [0.717, 1.165) is 17.7 Å². The van der Waals surface area contributed by atoms with Gasteiger partial charge in [-0.05, 0) is 54.4 Å². The number of aryl methyl sites for hydroxylation is 1. The zero-order chi connectivity index (χ0) is 22.4. The molecular weight excluding hydrogens is 432 g/mol. The lowest BCUT2D eigenvalue weighted by molar-refractivity contribution is -0.105.